The molecule has 0 aliphatic carbocycles. The zero-order valence-corrected chi connectivity index (χ0v) is 14.8. The Labute approximate surface area is 163 Å². The predicted molar refractivity (Wildman–Crippen MR) is 102 cm³/mol. The van der Waals surface area contributed by atoms with Gasteiger partial charge in [0.1, 0.15) is 17.0 Å². The Morgan fingerprint density at radius 2 is 2.07 bits per heavy atom. The van der Waals surface area contributed by atoms with E-state index in [1.54, 1.807) is 28.8 Å². The van der Waals surface area contributed by atoms with Gasteiger partial charge in [-0.3, -0.25) is 10.1 Å². The van der Waals surface area contributed by atoms with Crippen molar-refractivity contribution in [3.8, 4) is 17.3 Å². The van der Waals surface area contributed by atoms with Crippen molar-refractivity contribution in [2.45, 2.75) is 6.54 Å². The van der Waals surface area contributed by atoms with Gasteiger partial charge in [-0.2, -0.15) is 10.2 Å². The van der Waals surface area contributed by atoms with Gasteiger partial charge in [-0.25, -0.2) is 14.4 Å². The topological polar surface area (TPSA) is 137 Å². The lowest BCUT2D eigenvalue weighted by Gasteiger charge is -2.07. The Kier molecular flexibility index (Phi) is 4.33. The van der Waals surface area contributed by atoms with Gasteiger partial charge in [0.15, 0.2) is 5.65 Å². The van der Waals surface area contributed by atoms with E-state index < -0.39 is 10.7 Å². The number of nitriles is 1. The summed E-state index contributed by atoms with van der Waals surface area (Å²) in [6.07, 6.45) is 1.47. The van der Waals surface area contributed by atoms with Crippen molar-refractivity contribution in [2.24, 2.45) is 0 Å². The van der Waals surface area contributed by atoms with Crippen molar-refractivity contribution in [3.05, 3.63) is 75.9 Å². The fourth-order valence-corrected chi connectivity index (χ4v) is 2.98. The van der Waals surface area contributed by atoms with E-state index in [4.69, 9.17) is 11.0 Å². The minimum atomic E-state index is -0.704. The van der Waals surface area contributed by atoms with Crippen LogP contribution in [0.15, 0.2) is 48.8 Å². The maximum atomic E-state index is 14.3. The number of anilines is 1. The molecule has 0 amide bonds. The van der Waals surface area contributed by atoms with Crippen molar-refractivity contribution in [1.29, 1.82) is 5.26 Å². The number of aromatic nitrogens is 4. The van der Waals surface area contributed by atoms with E-state index >= 15 is 0 Å². The number of hydrogen-bond donors (Lipinski definition) is 1. The number of fused-ring (bicyclic) bond motifs is 1. The third kappa shape index (κ3) is 3.32. The average Bonchev–Trinajstić information content (AvgIpc) is 3.11. The van der Waals surface area contributed by atoms with Crippen molar-refractivity contribution >= 4 is 22.8 Å². The number of nitro groups is 1. The van der Waals surface area contributed by atoms with Crippen LogP contribution in [0.3, 0.4) is 0 Å². The number of nitrogens with two attached hydrogens (primary N) is 1. The molecule has 0 bridgehead atoms. The van der Waals surface area contributed by atoms with Gasteiger partial charge in [-0.05, 0) is 18.2 Å². The summed E-state index contributed by atoms with van der Waals surface area (Å²) in [6, 6.07) is 12.4. The Morgan fingerprint density at radius 1 is 1.24 bits per heavy atom. The quantitative estimate of drug-likeness (QED) is 0.418. The van der Waals surface area contributed by atoms with Crippen LogP contribution in [0.5, 0.6) is 0 Å². The molecular weight excluding hydrogens is 377 g/mol. The first-order chi connectivity index (χ1) is 14.0. The molecular formula is C19H12FN7O2. The van der Waals surface area contributed by atoms with Crippen LogP contribution in [0.1, 0.15) is 11.1 Å². The minimum absolute atomic E-state index is 0.000724. The molecule has 9 nitrogen and oxygen atoms in total. The van der Waals surface area contributed by atoms with Crippen LogP contribution in [0.4, 0.5) is 16.0 Å². The van der Waals surface area contributed by atoms with Crippen molar-refractivity contribution < 1.29 is 9.31 Å². The summed E-state index contributed by atoms with van der Waals surface area (Å²) in [4.78, 5) is 22.9. The molecule has 2 aromatic carbocycles. The highest BCUT2D eigenvalue weighted by Crippen LogP contribution is 2.27. The molecule has 142 valence electrons. The van der Waals surface area contributed by atoms with Crippen LogP contribution >= 0.6 is 0 Å². The van der Waals surface area contributed by atoms with Gasteiger partial charge < -0.3 is 10.3 Å². The molecule has 2 aromatic heterocycles. The molecule has 0 radical (unpaired) electrons. The molecule has 0 aliphatic heterocycles. The molecule has 0 spiro atoms. The number of non-ortho nitro benzene ring substituents is 1. The third-order valence-electron chi connectivity index (χ3n) is 4.33. The fraction of sp³-hybridized carbons (Fsp3) is 0.0526. The van der Waals surface area contributed by atoms with Gasteiger partial charge in [0.05, 0.1) is 35.5 Å². The summed E-state index contributed by atoms with van der Waals surface area (Å²) in [7, 11) is 0. The van der Waals surface area contributed by atoms with Crippen molar-refractivity contribution in [1.82, 2.24) is 19.5 Å². The number of hydrogen-bond acceptors (Lipinski definition) is 7. The number of imidazole rings is 1. The summed E-state index contributed by atoms with van der Waals surface area (Å²) in [6.45, 7) is 0.0501. The fourth-order valence-electron chi connectivity index (χ4n) is 2.98. The summed E-state index contributed by atoms with van der Waals surface area (Å²) in [5, 5.41) is 19.9. The Bertz CT molecular complexity index is 1310. The second kappa shape index (κ2) is 6.97. The Hall–Kier alpha value is -4.39. The third-order valence-corrected chi connectivity index (χ3v) is 4.33. The van der Waals surface area contributed by atoms with Gasteiger partial charge in [0, 0.05) is 17.2 Å². The van der Waals surface area contributed by atoms with Crippen LogP contribution in [-0.2, 0) is 6.54 Å². The molecule has 4 rings (SSSR count). The molecule has 2 heterocycles. The number of nitrogens with zero attached hydrogens (tertiary/aromatic N) is 6. The molecule has 10 heteroatoms. The van der Waals surface area contributed by atoms with E-state index in [9.17, 15) is 14.5 Å². The van der Waals surface area contributed by atoms with Crippen LogP contribution in [0.25, 0.3) is 22.4 Å². The van der Waals surface area contributed by atoms with Gasteiger partial charge in [-0.15, -0.1) is 0 Å². The molecule has 0 saturated carbocycles. The van der Waals surface area contributed by atoms with Crippen LogP contribution in [0, 0.1) is 27.3 Å². The molecule has 0 fully saturated rings. The second-order valence-corrected chi connectivity index (χ2v) is 6.20. The van der Waals surface area contributed by atoms with E-state index in [0.29, 0.717) is 28.0 Å². The summed E-state index contributed by atoms with van der Waals surface area (Å²) < 4.78 is 15.9. The van der Waals surface area contributed by atoms with Gasteiger partial charge in [0.25, 0.3) is 5.69 Å². The van der Waals surface area contributed by atoms with E-state index in [1.165, 1.54) is 18.5 Å². The van der Waals surface area contributed by atoms with Crippen LogP contribution in [0.2, 0.25) is 0 Å². The maximum Gasteiger partial charge on any atom is 0.272 e. The highest BCUT2D eigenvalue weighted by atomic mass is 19.1. The zero-order chi connectivity index (χ0) is 20.5. The lowest BCUT2D eigenvalue weighted by Crippen LogP contribution is -2.05. The highest BCUT2D eigenvalue weighted by molar-refractivity contribution is 5.88. The standard InChI is InChI=1S/C19H12FN7O2/c20-15-7-14(27(28)29)5-4-13(15)9-26-10-23-17-16(24-19(22)25-18(17)26)12-3-1-2-11(6-12)8-21/h1-7,10H,9H2,(H2,22,24,25). The first kappa shape index (κ1) is 18.0. The van der Waals surface area contributed by atoms with Gasteiger partial charge in [0.2, 0.25) is 5.95 Å². The van der Waals surface area contributed by atoms with E-state index in [-0.39, 0.29) is 23.7 Å². The van der Waals surface area contributed by atoms with Gasteiger partial charge in [-0.1, -0.05) is 12.1 Å². The average molecular weight is 389 g/mol. The monoisotopic (exact) mass is 389 g/mol. The van der Waals surface area contributed by atoms with Crippen molar-refractivity contribution in [3.63, 3.8) is 0 Å². The van der Waals surface area contributed by atoms with Gasteiger partial charge >= 0.3 is 0 Å². The summed E-state index contributed by atoms with van der Waals surface area (Å²) >= 11 is 0. The smallest absolute Gasteiger partial charge is 0.272 e. The van der Waals surface area contributed by atoms with E-state index in [1.807, 2.05) is 0 Å². The Balaban J connectivity index is 1.79. The molecule has 0 atom stereocenters. The second-order valence-electron chi connectivity index (χ2n) is 6.20. The molecule has 29 heavy (non-hydrogen) atoms. The number of benzene rings is 2. The van der Waals surface area contributed by atoms with Crippen molar-refractivity contribution in [2.75, 3.05) is 5.73 Å². The van der Waals surface area contributed by atoms with Crippen LogP contribution < -0.4 is 5.73 Å². The summed E-state index contributed by atoms with van der Waals surface area (Å²) in [5.74, 6) is -0.703. The lowest BCUT2D eigenvalue weighted by molar-refractivity contribution is -0.385. The first-order valence-electron chi connectivity index (χ1n) is 8.38. The first-order valence-corrected chi connectivity index (χ1v) is 8.38. The molecule has 0 unspecified atom stereocenters. The summed E-state index contributed by atoms with van der Waals surface area (Å²) in [5.41, 5.74) is 8.15. The normalized spacial score (nSPS) is 10.8. The molecule has 2 N–H and O–H groups in total. The maximum absolute atomic E-state index is 14.3. The molecule has 0 saturated heterocycles. The predicted octanol–water partition coefficient (Wildman–Crippen LogP) is 3.04. The van der Waals surface area contributed by atoms with E-state index in [0.717, 1.165) is 6.07 Å². The van der Waals surface area contributed by atoms with Crippen LogP contribution in [-0.4, -0.2) is 24.4 Å². The molecule has 0 aliphatic rings. The van der Waals surface area contributed by atoms with E-state index in [2.05, 4.69) is 21.0 Å². The highest BCUT2D eigenvalue weighted by Gasteiger charge is 2.16. The molecule has 4 aromatic rings. The number of nitrogen functional groups attached to an aromatic ring is 1. The largest absolute Gasteiger partial charge is 0.368 e. The number of rotatable bonds is 4. The lowest BCUT2D eigenvalue weighted by atomic mass is 10.1. The SMILES string of the molecule is N#Cc1cccc(-c2nc(N)nc3c2ncn3Cc2ccc([N+](=O)[O-])cc2F)c1. The number of halogens is 1. The minimum Gasteiger partial charge on any atom is -0.368 e. The Morgan fingerprint density at radius 3 is 2.79 bits per heavy atom. The zero-order valence-electron chi connectivity index (χ0n) is 14.8. The number of nitro benzene ring substituents is 1.